The number of methoxy groups -OCH3 is 1. The third-order valence-electron chi connectivity index (χ3n) is 7.44. The molecule has 1 aliphatic rings. The van der Waals surface area contributed by atoms with E-state index >= 15 is 0 Å². The maximum absolute atomic E-state index is 14.5. The Kier molecular flexibility index (Phi) is 5.81. The molecular formula is C29H26FN7O2. The Labute approximate surface area is 223 Å². The Bertz CT molecular complexity index is 1790. The molecule has 0 unspecified atom stereocenters. The van der Waals surface area contributed by atoms with E-state index in [1.807, 2.05) is 47.1 Å². The van der Waals surface area contributed by atoms with Crippen LogP contribution in [0.1, 0.15) is 30.2 Å². The summed E-state index contributed by atoms with van der Waals surface area (Å²) in [5, 5.41) is 17.4. The van der Waals surface area contributed by atoms with Gasteiger partial charge in [0.1, 0.15) is 22.9 Å². The zero-order chi connectivity index (χ0) is 26.3. The minimum Gasteiger partial charge on any atom is -0.496 e. The van der Waals surface area contributed by atoms with Crippen molar-refractivity contribution in [1.29, 1.82) is 0 Å². The average Bonchev–Trinajstić information content (AvgIpc) is 3.73. The van der Waals surface area contributed by atoms with Crippen molar-refractivity contribution < 1.29 is 13.5 Å². The highest BCUT2D eigenvalue weighted by Crippen LogP contribution is 2.33. The molecule has 0 amide bonds. The summed E-state index contributed by atoms with van der Waals surface area (Å²) in [5.74, 6) is 1.46. The van der Waals surface area contributed by atoms with Crippen molar-refractivity contribution in [1.82, 2.24) is 34.7 Å². The van der Waals surface area contributed by atoms with Crippen molar-refractivity contribution in [3.05, 3.63) is 84.4 Å². The molecule has 0 spiro atoms. The Balaban J connectivity index is 1.14. The highest BCUT2D eigenvalue weighted by atomic mass is 19.1. The first-order valence-corrected chi connectivity index (χ1v) is 12.9. The van der Waals surface area contributed by atoms with Crippen LogP contribution in [0, 0.1) is 5.82 Å². The molecule has 10 heteroatoms. The first-order chi connectivity index (χ1) is 19.2. The van der Waals surface area contributed by atoms with Crippen molar-refractivity contribution in [2.75, 3.05) is 20.2 Å². The summed E-state index contributed by atoms with van der Waals surface area (Å²) >= 11 is 0. The van der Waals surface area contributed by atoms with Crippen LogP contribution in [0.2, 0.25) is 0 Å². The summed E-state index contributed by atoms with van der Waals surface area (Å²) in [6, 6.07) is 14.9. The molecule has 2 aromatic carbocycles. The van der Waals surface area contributed by atoms with E-state index < -0.39 is 0 Å². The minimum absolute atomic E-state index is 0.0768. The molecule has 1 fully saturated rings. The van der Waals surface area contributed by atoms with Crippen LogP contribution in [0.25, 0.3) is 39.3 Å². The van der Waals surface area contributed by atoms with Crippen molar-refractivity contribution in [3.63, 3.8) is 0 Å². The zero-order valence-electron chi connectivity index (χ0n) is 21.3. The summed E-state index contributed by atoms with van der Waals surface area (Å²) in [7, 11) is 1.57. The van der Waals surface area contributed by atoms with E-state index in [1.165, 1.54) is 6.07 Å². The maximum atomic E-state index is 14.5. The largest absolute Gasteiger partial charge is 0.496 e. The van der Waals surface area contributed by atoms with Gasteiger partial charge in [-0.1, -0.05) is 6.07 Å². The average molecular weight is 524 g/mol. The predicted molar refractivity (Wildman–Crippen MR) is 144 cm³/mol. The number of likely N-dealkylation sites (tertiary alicyclic amines) is 1. The fraction of sp³-hybridized carbons (Fsp3) is 0.241. The number of aromatic nitrogens is 6. The number of hydrogen-bond donors (Lipinski definition) is 1. The molecule has 39 heavy (non-hydrogen) atoms. The lowest BCUT2D eigenvalue weighted by atomic mass is 9.97. The number of nitrogens with zero attached hydrogens (tertiary/aromatic N) is 6. The van der Waals surface area contributed by atoms with Crippen LogP contribution in [0.15, 0.2) is 71.5 Å². The SMILES string of the molecule is COc1cccc(F)c1CN1CCC[C@@H](c2nnc(-c3ccc4[nH]nc(-c5ccc6nccn6c5)c4c3)o2)C1. The summed E-state index contributed by atoms with van der Waals surface area (Å²) in [6.07, 6.45) is 7.60. The number of pyridine rings is 1. The van der Waals surface area contributed by atoms with Crippen molar-refractivity contribution in [2.45, 2.75) is 25.3 Å². The number of aromatic amines is 1. The van der Waals surface area contributed by atoms with Crippen LogP contribution in [0.3, 0.4) is 0 Å². The Morgan fingerprint density at radius 1 is 1.13 bits per heavy atom. The smallest absolute Gasteiger partial charge is 0.247 e. The van der Waals surface area contributed by atoms with E-state index in [1.54, 1.807) is 25.4 Å². The molecule has 0 saturated carbocycles. The first-order valence-electron chi connectivity index (χ1n) is 12.9. The Morgan fingerprint density at radius 2 is 2.05 bits per heavy atom. The molecule has 1 saturated heterocycles. The van der Waals surface area contributed by atoms with E-state index in [0.717, 1.165) is 52.8 Å². The van der Waals surface area contributed by atoms with Crippen LogP contribution in [0.5, 0.6) is 5.75 Å². The molecule has 4 aromatic heterocycles. The molecule has 196 valence electrons. The van der Waals surface area contributed by atoms with Gasteiger partial charge in [0, 0.05) is 53.8 Å². The molecule has 1 atom stereocenters. The van der Waals surface area contributed by atoms with Gasteiger partial charge < -0.3 is 13.6 Å². The molecule has 5 heterocycles. The molecule has 0 radical (unpaired) electrons. The van der Waals surface area contributed by atoms with Gasteiger partial charge in [0.15, 0.2) is 0 Å². The van der Waals surface area contributed by atoms with E-state index in [-0.39, 0.29) is 11.7 Å². The van der Waals surface area contributed by atoms with Gasteiger partial charge in [0.25, 0.3) is 0 Å². The molecule has 0 bridgehead atoms. The van der Waals surface area contributed by atoms with Crippen LogP contribution in [-0.4, -0.2) is 54.9 Å². The summed E-state index contributed by atoms with van der Waals surface area (Å²) in [6.45, 7) is 2.05. The van der Waals surface area contributed by atoms with Gasteiger partial charge in [-0.25, -0.2) is 9.37 Å². The fourth-order valence-electron chi connectivity index (χ4n) is 5.45. The van der Waals surface area contributed by atoms with E-state index in [9.17, 15) is 4.39 Å². The van der Waals surface area contributed by atoms with Crippen LogP contribution >= 0.6 is 0 Å². The minimum atomic E-state index is -0.254. The lowest BCUT2D eigenvalue weighted by Crippen LogP contribution is -2.34. The van der Waals surface area contributed by atoms with Gasteiger partial charge in [-0.15, -0.1) is 10.2 Å². The van der Waals surface area contributed by atoms with Crippen LogP contribution < -0.4 is 4.74 Å². The number of imidazole rings is 1. The second-order valence-corrected chi connectivity index (χ2v) is 9.88. The highest BCUT2D eigenvalue weighted by Gasteiger charge is 2.27. The number of nitrogens with one attached hydrogen (secondary N) is 1. The second-order valence-electron chi connectivity index (χ2n) is 9.88. The monoisotopic (exact) mass is 523 g/mol. The predicted octanol–water partition coefficient (Wildman–Crippen LogP) is 5.45. The fourth-order valence-corrected chi connectivity index (χ4v) is 5.45. The zero-order valence-corrected chi connectivity index (χ0v) is 21.3. The molecular weight excluding hydrogens is 497 g/mol. The lowest BCUT2D eigenvalue weighted by molar-refractivity contribution is 0.182. The second kappa shape index (κ2) is 9.63. The standard InChI is InChI=1S/C29H26FN7O2/c1-38-25-6-2-5-23(30)22(25)17-36-12-3-4-20(15-36)29-35-34-28(39-29)18-7-9-24-21(14-18)27(33-32-24)19-8-10-26-31-11-13-37(26)16-19/h2,5-11,13-14,16,20H,3-4,12,15,17H2,1H3,(H,32,33)/t20-/m1/s1. The summed E-state index contributed by atoms with van der Waals surface area (Å²) in [4.78, 5) is 6.54. The molecule has 9 nitrogen and oxygen atoms in total. The normalized spacial score (nSPS) is 16.3. The number of fused-ring (bicyclic) bond motifs is 2. The first kappa shape index (κ1) is 23.5. The summed E-state index contributed by atoms with van der Waals surface area (Å²) < 4.78 is 28.1. The van der Waals surface area contributed by atoms with Crippen molar-refractivity contribution >= 4 is 16.6 Å². The Morgan fingerprint density at radius 3 is 2.97 bits per heavy atom. The van der Waals surface area contributed by atoms with E-state index in [0.29, 0.717) is 36.2 Å². The van der Waals surface area contributed by atoms with Crippen molar-refractivity contribution in [3.8, 4) is 28.5 Å². The lowest BCUT2D eigenvalue weighted by Gasteiger charge is -2.31. The number of halogens is 1. The molecule has 1 N–H and O–H groups in total. The molecule has 7 rings (SSSR count). The number of rotatable bonds is 6. The molecule has 0 aliphatic carbocycles. The number of H-pyrrole nitrogens is 1. The van der Waals surface area contributed by atoms with Crippen LogP contribution in [-0.2, 0) is 6.54 Å². The van der Waals surface area contributed by atoms with E-state index in [4.69, 9.17) is 9.15 Å². The van der Waals surface area contributed by atoms with E-state index in [2.05, 4.69) is 30.3 Å². The molecule has 6 aromatic rings. The van der Waals surface area contributed by atoms with Gasteiger partial charge in [0.05, 0.1) is 18.5 Å². The number of hydrogen-bond acceptors (Lipinski definition) is 7. The highest BCUT2D eigenvalue weighted by molar-refractivity contribution is 5.95. The quantitative estimate of drug-likeness (QED) is 0.310. The topological polar surface area (TPSA) is 97.4 Å². The van der Waals surface area contributed by atoms with Gasteiger partial charge >= 0.3 is 0 Å². The number of ether oxygens (including phenoxy) is 1. The van der Waals surface area contributed by atoms with Gasteiger partial charge in [-0.05, 0) is 61.9 Å². The van der Waals surface area contributed by atoms with Gasteiger partial charge in [-0.3, -0.25) is 10.00 Å². The van der Waals surface area contributed by atoms with Crippen molar-refractivity contribution in [2.24, 2.45) is 0 Å². The molecule has 1 aliphatic heterocycles. The van der Waals surface area contributed by atoms with Gasteiger partial charge in [-0.2, -0.15) is 5.10 Å². The Hall–Kier alpha value is -4.57. The number of benzene rings is 2. The summed E-state index contributed by atoms with van der Waals surface area (Å²) in [5.41, 5.74) is 5.02. The third kappa shape index (κ3) is 4.32. The number of piperidine rings is 1. The maximum Gasteiger partial charge on any atom is 0.247 e. The third-order valence-corrected chi connectivity index (χ3v) is 7.44. The van der Waals surface area contributed by atoms with Crippen LogP contribution in [0.4, 0.5) is 4.39 Å². The van der Waals surface area contributed by atoms with Gasteiger partial charge in [0.2, 0.25) is 11.8 Å².